The van der Waals surface area contributed by atoms with Crippen LogP contribution < -0.4 is 10.1 Å². The van der Waals surface area contributed by atoms with Gasteiger partial charge in [-0.1, -0.05) is 83.3 Å². The number of ether oxygens (including phenoxy) is 2. The Hall–Kier alpha value is -3.64. The highest BCUT2D eigenvalue weighted by atomic mass is 35.5. The van der Waals surface area contributed by atoms with Gasteiger partial charge in [-0.05, 0) is 65.2 Å². The minimum absolute atomic E-state index is 0.0742. The molecule has 2 amide bonds. The van der Waals surface area contributed by atoms with Crippen LogP contribution in [0.4, 0.5) is 0 Å². The van der Waals surface area contributed by atoms with E-state index in [4.69, 9.17) is 44.3 Å². The highest BCUT2D eigenvalue weighted by molar-refractivity contribution is 7.89. The van der Waals surface area contributed by atoms with E-state index in [0.29, 0.717) is 45.2 Å². The number of morpholine rings is 1. The molecule has 0 spiro atoms. The average Bonchev–Trinajstić information content (AvgIpc) is 3.08. The second-order valence-electron chi connectivity index (χ2n) is 10.7. The molecule has 1 aliphatic heterocycles. The number of hydrogen-bond donors (Lipinski definition) is 1. The Morgan fingerprint density at radius 3 is 2.19 bits per heavy atom. The first kappa shape index (κ1) is 34.7. The Labute approximate surface area is 289 Å². The molecule has 1 aliphatic rings. The van der Waals surface area contributed by atoms with Crippen molar-refractivity contribution in [3.63, 3.8) is 0 Å². The van der Waals surface area contributed by atoms with Gasteiger partial charge in [0.25, 0.3) is 5.91 Å². The van der Waals surface area contributed by atoms with Gasteiger partial charge < -0.3 is 19.7 Å². The van der Waals surface area contributed by atoms with Crippen molar-refractivity contribution in [2.75, 3.05) is 32.9 Å². The molecule has 246 valence electrons. The third-order valence-corrected chi connectivity index (χ3v) is 10.3. The average molecular weight is 717 g/mol. The van der Waals surface area contributed by atoms with Gasteiger partial charge in [0.1, 0.15) is 11.8 Å². The van der Waals surface area contributed by atoms with Crippen molar-refractivity contribution in [1.29, 1.82) is 0 Å². The van der Waals surface area contributed by atoms with Crippen molar-refractivity contribution in [1.82, 2.24) is 14.5 Å². The van der Waals surface area contributed by atoms with Gasteiger partial charge in [-0.3, -0.25) is 9.59 Å². The second kappa shape index (κ2) is 16.0. The molecule has 4 aromatic rings. The van der Waals surface area contributed by atoms with Gasteiger partial charge in [-0.25, -0.2) is 8.42 Å². The van der Waals surface area contributed by atoms with Crippen LogP contribution >= 0.6 is 34.8 Å². The zero-order chi connectivity index (χ0) is 33.4. The largest absolute Gasteiger partial charge is 0.484 e. The molecule has 1 atom stereocenters. The smallest absolute Gasteiger partial charge is 0.261 e. The number of rotatable bonds is 12. The third-order valence-electron chi connectivity index (χ3n) is 7.52. The molecule has 0 aromatic heterocycles. The Morgan fingerprint density at radius 1 is 0.872 bits per heavy atom. The van der Waals surface area contributed by atoms with Crippen LogP contribution in [0.15, 0.2) is 102 Å². The number of amides is 2. The summed E-state index contributed by atoms with van der Waals surface area (Å²) in [6.07, 6.45) is 0. The first-order chi connectivity index (χ1) is 22.6. The summed E-state index contributed by atoms with van der Waals surface area (Å²) in [5.41, 5.74) is 2.00. The van der Waals surface area contributed by atoms with Gasteiger partial charge in [0, 0.05) is 41.2 Å². The molecule has 47 heavy (non-hydrogen) atoms. The van der Waals surface area contributed by atoms with E-state index in [0.717, 1.165) is 5.56 Å². The van der Waals surface area contributed by atoms with Crippen LogP contribution in [0.3, 0.4) is 0 Å². The predicted molar refractivity (Wildman–Crippen MR) is 181 cm³/mol. The number of benzene rings is 4. The molecule has 0 radical (unpaired) electrons. The Balaban J connectivity index is 1.37. The van der Waals surface area contributed by atoms with Crippen LogP contribution in [0.2, 0.25) is 15.1 Å². The predicted octanol–water partition coefficient (Wildman–Crippen LogP) is 6.13. The van der Waals surface area contributed by atoms with Crippen molar-refractivity contribution in [2.45, 2.75) is 24.0 Å². The molecular weight excluding hydrogens is 685 g/mol. The van der Waals surface area contributed by atoms with Crippen LogP contribution in [0.1, 0.15) is 22.7 Å². The third kappa shape index (κ3) is 9.04. The highest BCUT2D eigenvalue weighted by Crippen LogP contribution is 2.27. The summed E-state index contributed by atoms with van der Waals surface area (Å²) in [4.78, 5) is 29.4. The molecular formula is C34H32Cl3N3O6S. The summed E-state index contributed by atoms with van der Waals surface area (Å²) < 4.78 is 38.5. The van der Waals surface area contributed by atoms with E-state index in [1.807, 2.05) is 6.07 Å². The summed E-state index contributed by atoms with van der Waals surface area (Å²) in [7, 11) is -3.69. The van der Waals surface area contributed by atoms with Crippen LogP contribution in [0.5, 0.6) is 5.75 Å². The highest BCUT2D eigenvalue weighted by Gasteiger charge is 2.32. The van der Waals surface area contributed by atoms with Gasteiger partial charge in [-0.15, -0.1) is 0 Å². The minimum Gasteiger partial charge on any atom is -0.484 e. The van der Waals surface area contributed by atoms with Gasteiger partial charge in [-0.2, -0.15) is 4.31 Å². The summed E-state index contributed by atoms with van der Waals surface area (Å²) in [5, 5.41) is 4.33. The van der Waals surface area contributed by atoms with Gasteiger partial charge >= 0.3 is 0 Å². The summed E-state index contributed by atoms with van der Waals surface area (Å²) in [6, 6.07) is 25.8. The lowest BCUT2D eigenvalue weighted by atomic mass is 10.0. The van der Waals surface area contributed by atoms with E-state index >= 15 is 0 Å². The molecule has 1 unspecified atom stereocenters. The Morgan fingerprint density at radius 2 is 1.53 bits per heavy atom. The fourth-order valence-electron chi connectivity index (χ4n) is 5.03. The van der Waals surface area contributed by atoms with Crippen LogP contribution in [0, 0.1) is 0 Å². The maximum absolute atomic E-state index is 14.0. The Bertz CT molecular complexity index is 1790. The van der Waals surface area contributed by atoms with Crippen LogP contribution in [0.25, 0.3) is 0 Å². The molecule has 1 saturated heterocycles. The summed E-state index contributed by atoms with van der Waals surface area (Å²) >= 11 is 18.5. The van der Waals surface area contributed by atoms with Crippen molar-refractivity contribution < 1.29 is 27.5 Å². The monoisotopic (exact) mass is 715 g/mol. The van der Waals surface area contributed by atoms with Gasteiger partial charge in [0.15, 0.2) is 6.61 Å². The number of nitrogens with zero attached hydrogens (tertiary/aromatic N) is 2. The van der Waals surface area contributed by atoms with E-state index in [1.54, 1.807) is 66.7 Å². The lowest BCUT2D eigenvalue weighted by Crippen LogP contribution is -2.45. The van der Waals surface area contributed by atoms with Crippen LogP contribution in [-0.2, 0) is 37.4 Å². The topological polar surface area (TPSA) is 105 Å². The number of sulfonamides is 1. The van der Waals surface area contributed by atoms with E-state index in [2.05, 4.69) is 5.32 Å². The number of halogens is 3. The molecule has 1 N–H and O–H groups in total. The lowest BCUT2D eigenvalue weighted by Gasteiger charge is -2.31. The maximum Gasteiger partial charge on any atom is 0.261 e. The number of nitrogens with one attached hydrogen (secondary N) is 1. The van der Waals surface area contributed by atoms with Crippen molar-refractivity contribution in [3.8, 4) is 5.75 Å². The molecule has 13 heteroatoms. The van der Waals surface area contributed by atoms with E-state index < -0.39 is 34.5 Å². The zero-order valence-electron chi connectivity index (χ0n) is 25.2. The number of carbonyl (C=O) groups is 2. The quantitative estimate of drug-likeness (QED) is 0.189. The first-order valence-corrected chi connectivity index (χ1v) is 17.3. The van der Waals surface area contributed by atoms with Gasteiger partial charge in [0.05, 0.1) is 18.1 Å². The Kier molecular flexibility index (Phi) is 11.8. The molecule has 1 fully saturated rings. The molecule has 5 rings (SSSR count). The fourth-order valence-corrected chi connectivity index (χ4v) is 7.04. The summed E-state index contributed by atoms with van der Waals surface area (Å²) in [5.74, 6) is -0.607. The minimum atomic E-state index is -3.69. The van der Waals surface area contributed by atoms with Crippen molar-refractivity contribution >= 4 is 56.6 Å². The van der Waals surface area contributed by atoms with E-state index in [9.17, 15) is 18.0 Å². The van der Waals surface area contributed by atoms with Crippen molar-refractivity contribution in [2.24, 2.45) is 0 Å². The zero-order valence-corrected chi connectivity index (χ0v) is 28.2. The standard InChI is InChI=1S/C34H32Cl3N3O6S/c35-27-9-6-24(7-10-27)22-40(32(41)23-46-29-12-14-30(15-13-29)47(43,44)39-16-18-45-19-17-39)33(25-4-2-1-3-5-25)34(42)38-21-26-8-11-28(36)20-31(26)37/h1-15,20,33H,16-19,21-23H2,(H,38,42). The SMILES string of the molecule is O=C(NCc1ccc(Cl)cc1Cl)C(c1ccccc1)N(Cc1ccc(Cl)cc1)C(=O)COc1ccc(S(=O)(=O)N2CCOCC2)cc1. The molecule has 9 nitrogen and oxygen atoms in total. The fraction of sp³-hybridized carbons (Fsp3) is 0.235. The molecule has 0 saturated carbocycles. The summed E-state index contributed by atoms with van der Waals surface area (Å²) in [6.45, 7) is 1.01. The first-order valence-electron chi connectivity index (χ1n) is 14.7. The maximum atomic E-state index is 14.0. The molecule has 4 aromatic carbocycles. The van der Waals surface area contributed by atoms with E-state index in [1.165, 1.54) is 33.5 Å². The second-order valence-corrected chi connectivity index (χ2v) is 13.9. The molecule has 1 heterocycles. The number of carbonyl (C=O) groups excluding carboxylic acids is 2. The van der Waals surface area contributed by atoms with E-state index in [-0.39, 0.29) is 31.1 Å². The molecule has 0 bridgehead atoms. The van der Waals surface area contributed by atoms with Gasteiger partial charge in [0.2, 0.25) is 15.9 Å². The van der Waals surface area contributed by atoms with Crippen LogP contribution in [-0.4, -0.2) is 62.3 Å². The van der Waals surface area contributed by atoms with Crippen molar-refractivity contribution in [3.05, 3.63) is 129 Å². The normalized spacial score (nSPS) is 14.3. The lowest BCUT2D eigenvalue weighted by molar-refractivity contribution is -0.143. The molecule has 0 aliphatic carbocycles. The number of hydrogen-bond acceptors (Lipinski definition) is 6.